The third-order valence-corrected chi connectivity index (χ3v) is 5.48. The molecule has 5 nitrogen and oxygen atoms in total. The molecule has 2 amide bonds. The summed E-state index contributed by atoms with van der Waals surface area (Å²) in [7, 11) is 1.52. The van der Waals surface area contributed by atoms with Gasteiger partial charge in [-0.05, 0) is 47.9 Å². The molecule has 1 aliphatic rings. The second kappa shape index (κ2) is 9.24. The number of benzene rings is 3. The third kappa shape index (κ3) is 4.36. The number of halogens is 2. The smallest absolute Gasteiger partial charge is 0.278 e. The first-order valence-electron chi connectivity index (χ1n) is 9.99. The van der Waals surface area contributed by atoms with Crippen molar-refractivity contribution in [2.45, 2.75) is 6.42 Å². The second-order valence-electron chi connectivity index (χ2n) is 7.23. The van der Waals surface area contributed by atoms with Crippen molar-refractivity contribution in [1.29, 1.82) is 0 Å². The van der Waals surface area contributed by atoms with Crippen LogP contribution in [0.5, 0.6) is 5.75 Å². The van der Waals surface area contributed by atoms with E-state index in [1.165, 1.54) is 24.1 Å². The van der Waals surface area contributed by atoms with Crippen molar-refractivity contribution >= 4 is 34.7 Å². The van der Waals surface area contributed by atoms with Crippen LogP contribution in [-0.2, 0) is 16.0 Å². The highest BCUT2D eigenvalue weighted by atomic mass is 35.5. The van der Waals surface area contributed by atoms with Crippen LogP contribution in [0.3, 0.4) is 0 Å². The Bertz CT molecular complexity index is 1190. The molecular formula is C25H20ClFN2O3. The number of imide groups is 1. The summed E-state index contributed by atoms with van der Waals surface area (Å²) in [5.74, 6) is -0.641. The summed E-state index contributed by atoms with van der Waals surface area (Å²) in [6, 6.07) is 20.1. The number of hydrogen-bond donors (Lipinski definition) is 1. The fourth-order valence-electron chi connectivity index (χ4n) is 3.55. The average Bonchev–Trinajstić information content (AvgIpc) is 3.03. The highest BCUT2D eigenvalue weighted by Gasteiger charge is 2.38. The molecule has 0 saturated heterocycles. The van der Waals surface area contributed by atoms with Crippen LogP contribution in [0.15, 0.2) is 78.5 Å². The third-order valence-electron chi connectivity index (χ3n) is 5.19. The van der Waals surface area contributed by atoms with Gasteiger partial charge in [-0.15, -0.1) is 0 Å². The summed E-state index contributed by atoms with van der Waals surface area (Å²) in [5.41, 5.74) is 2.50. The van der Waals surface area contributed by atoms with Gasteiger partial charge in [0.1, 0.15) is 17.3 Å². The number of carbonyl (C=O) groups is 2. The van der Waals surface area contributed by atoms with Gasteiger partial charge in [0.05, 0.1) is 17.7 Å². The fraction of sp³-hybridized carbons (Fsp3) is 0.120. The van der Waals surface area contributed by atoms with Gasteiger partial charge in [0.25, 0.3) is 11.8 Å². The Morgan fingerprint density at radius 1 is 0.969 bits per heavy atom. The van der Waals surface area contributed by atoms with Crippen molar-refractivity contribution in [3.63, 3.8) is 0 Å². The number of carbonyl (C=O) groups excluding carboxylic acids is 2. The van der Waals surface area contributed by atoms with Crippen molar-refractivity contribution in [2.75, 3.05) is 19.0 Å². The van der Waals surface area contributed by atoms with Crippen molar-refractivity contribution in [3.05, 3.63) is 100 Å². The molecule has 4 rings (SSSR count). The summed E-state index contributed by atoms with van der Waals surface area (Å²) < 4.78 is 18.3. The molecule has 0 bridgehead atoms. The van der Waals surface area contributed by atoms with Crippen LogP contribution >= 0.6 is 11.6 Å². The van der Waals surface area contributed by atoms with E-state index in [-0.39, 0.29) is 24.0 Å². The Morgan fingerprint density at radius 3 is 2.34 bits per heavy atom. The molecule has 0 fully saturated rings. The van der Waals surface area contributed by atoms with Gasteiger partial charge in [-0.25, -0.2) is 4.39 Å². The molecule has 32 heavy (non-hydrogen) atoms. The number of anilines is 1. The normalized spacial score (nSPS) is 13.7. The Hall–Kier alpha value is -3.64. The van der Waals surface area contributed by atoms with Gasteiger partial charge in [-0.2, -0.15) is 0 Å². The average molecular weight is 451 g/mol. The SMILES string of the molecule is COc1ccc(NC2=C(c3ccccc3)C(=O)N(CCc3ccc(F)cc3)C2=O)cc1Cl. The highest BCUT2D eigenvalue weighted by Crippen LogP contribution is 2.33. The molecule has 3 aromatic rings. The quantitative estimate of drug-likeness (QED) is 0.519. The first-order valence-corrected chi connectivity index (χ1v) is 10.4. The summed E-state index contributed by atoms with van der Waals surface area (Å²) in [6.45, 7) is 0.175. The zero-order valence-electron chi connectivity index (χ0n) is 17.3. The maximum absolute atomic E-state index is 13.3. The fourth-order valence-corrected chi connectivity index (χ4v) is 3.81. The molecule has 1 N–H and O–H groups in total. The maximum Gasteiger partial charge on any atom is 0.278 e. The topological polar surface area (TPSA) is 58.6 Å². The van der Waals surface area contributed by atoms with Crippen LogP contribution in [0.1, 0.15) is 11.1 Å². The molecule has 0 unspecified atom stereocenters. The first-order chi connectivity index (χ1) is 15.5. The molecule has 3 aromatic carbocycles. The Balaban J connectivity index is 1.64. The summed E-state index contributed by atoms with van der Waals surface area (Å²) in [6.07, 6.45) is 0.418. The molecule has 162 valence electrons. The van der Waals surface area contributed by atoms with E-state index in [0.717, 1.165) is 5.56 Å². The van der Waals surface area contributed by atoms with E-state index >= 15 is 0 Å². The second-order valence-corrected chi connectivity index (χ2v) is 7.64. The molecule has 0 spiro atoms. The predicted octanol–water partition coefficient (Wildman–Crippen LogP) is 4.92. The van der Waals surface area contributed by atoms with Crippen molar-refractivity contribution < 1.29 is 18.7 Å². The van der Waals surface area contributed by atoms with Crippen molar-refractivity contribution in [2.24, 2.45) is 0 Å². The van der Waals surface area contributed by atoms with Crippen LogP contribution < -0.4 is 10.1 Å². The van der Waals surface area contributed by atoms with E-state index in [1.54, 1.807) is 42.5 Å². The molecule has 7 heteroatoms. The Labute approximate surface area is 190 Å². The lowest BCUT2D eigenvalue weighted by molar-refractivity contribution is -0.136. The number of nitrogens with zero attached hydrogens (tertiary/aromatic N) is 1. The molecule has 0 atom stereocenters. The highest BCUT2D eigenvalue weighted by molar-refractivity contribution is 6.36. The summed E-state index contributed by atoms with van der Waals surface area (Å²) >= 11 is 6.22. The standard InChI is InChI=1S/C25H20ClFN2O3/c1-32-21-12-11-19(15-20(21)26)28-23-22(17-5-3-2-4-6-17)24(30)29(25(23)31)14-13-16-7-9-18(27)10-8-16/h2-12,15,28H,13-14H2,1H3. The van der Waals surface area contributed by atoms with Gasteiger partial charge in [-0.1, -0.05) is 54.1 Å². The minimum atomic E-state index is -0.428. The number of rotatable bonds is 7. The van der Waals surface area contributed by atoms with Crippen LogP contribution in [-0.4, -0.2) is 30.4 Å². The van der Waals surface area contributed by atoms with Gasteiger partial charge in [0, 0.05) is 12.2 Å². The van der Waals surface area contributed by atoms with Gasteiger partial charge in [0.15, 0.2) is 0 Å². The van der Waals surface area contributed by atoms with Crippen LogP contribution in [0.2, 0.25) is 5.02 Å². The number of methoxy groups -OCH3 is 1. The minimum Gasteiger partial charge on any atom is -0.495 e. The molecule has 0 saturated carbocycles. The minimum absolute atomic E-state index is 0.175. The van der Waals surface area contributed by atoms with Gasteiger partial charge in [0.2, 0.25) is 0 Å². The number of ether oxygens (including phenoxy) is 1. The monoisotopic (exact) mass is 450 g/mol. The zero-order valence-corrected chi connectivity index (χ0v) is 18.0. The van der Waals surface area contributed by atoms with Crippen LogP contribution in [0.4, 0.5) is 10.1 Å². The maximum atomic E-state index is 13.3. The number of amides is 2. The first kappa shape index (κ1) is 21.6. The molecular weight excluding hydrogens is 431 g/mol. The number of nitrogens with one attached hydrogen (secondary N) is 1. The lowest BCUT2D eigenvalue weighted by atomic mass is 10.0. The van der Waals surface area contributed by atoms with Crippen molar-refractivity contribution in [3.8, 4) is 5.75 Å². The molecule has 1 aliphatic heterocycles. The zero-order chi connectivity index (χ0) is 22.7. The predicted molar refractivity (Wildman–Crippen MR) is 122 cm³/mol. The Morgan fingerprint density at radius 2 is 1.69 bits per heavy atom. The van der Waals surface area contributed by atoms with Crippen molar-refractivity contribution in [1.82, 2.24) is 4.90 Å². The number of hydrogen-bond acceptors (Lipinski definition) is 4. The summed E-state index contributed by atoms with van der Waals surface area (Å²) in [4.78, 5) is 27.7. The van der Waals surface area contributed by atoms with Gasteiger partial charge >= 0.3 is 0 Å². The molecule has 1 heterocycles. The van der Waals surface area contributed by atoms with E-state index < -0.39 is 5.91 Å². The summed E-state index contributed by atoms with van der Waals surface area (Å²) in [5, 5.41) is 3.45. The molecule has 0 aromatic heterocycles. The van der Waals surface area contributed by atoms with E-state index in [2.05, 4.69) is 5.32 Å². The van der Waals surface area contributed by atoms with E-state index in [0.29, 0.717) is 34.0 Å². The van der Waals surface area contributed by atoms with E-state index in [4.69, 9.17) is 16.3 Å². The lowest BCUT2D eigenvalue weighted by Crippen LogP contribution is -2.34. The van der Waals surface area contributed by atoms with E-state index in [9.17, 15) is 14.0 Å². The van der Waals surface area contributed by atoms with Crippen LogP contribution in [0, 0.1) is 5.82 Å². The van der Waals surface area contributed by atoms with Gasteiger partial charge < -0.3 is 10.1 Å². The Kier molecular flexibility index (Phi) is 6.23. The van der Waals surface area contributed by atoms with Gasteiger partial charge in [-0.3, -0.25) is 14.5 Å². The lowest BCUT2D eigenvalue weighted by Gasteiger charge is -2.15. The van der Waals surface area contributed by atoms with Crippen LogP contribution in [0.25, 0.3) is 5.57 Å². The largest absolute Gasteiger partial charge is 0.495 e. The van der Waals surface area contributed by atoms with E-state index in [1.807, 2.05) is 18.2 Å². The molecule has 0 radical (unpaired) electrons. The molecule has 0 aliphatic carbocycles.